The lowest BCUT2D eigenvalue weighted by molar-refractivity contribution is -0.133. The molecule has 1 aliphatic heterocycles. The van der Waals surface area contributed by atoms with Gasteiger partial charge in [-0.3, -0.25) is 4.79 Å². The SMILES string of the molecule is CCC(CN)CC(=O)N1CCCC1c1cccc(Br)c1. The van der Waals surface area contributed by atoms with Crippen molar-refractivity contribution in [1.82, 2.24) is 4.90 Å². The molecular formula is C16H23BrN2O. The molecule has 2 atom stereocenters. The van der Waals surface area contributed by atoms with Gasteiger partial charge in [-0.1, -0.05) is 41.4 Å². The first-order valence-electron chi connectivity index (χ1n) is 7.40. The Morgan fingerprint density at radius 1 is 1.55 bits per heavy atom. The summed E-state index contributed by atoms with van der Waals surface area (Å²) in [5.74, 6) is 0.566. The van der Waals surface area contributed by atoms with Crippen LogP contribution in [-0.4, -0.2) is 23.9 Å². The van der Waals surface area contributed by atoms with Gasteiger partial charge in [0, 0.05) is 17.4 Å². The lowest BCUT2D eigenvalue weighted by Gasteiger charge is -2.27. The van der Waals surface area contributed by atoms with Gasteiger partial charge in [0.05, 0.1) is 6.04 Å². The number of likely N-dealkylation sites (tertiary alicyclic amines) is 1. The van der Waals surface area contributed by atoms with E-state index in [0.717, 1.165) is 30.3 Å². The van der Waals surface area contributed by atoms with Crippen molar-refractivity contribution in [2.24, 2.45) is 11.7 Å². The molecule has 3 nitrogen and oxygen atoms in total. The van der Waals surface area contributed by atoms with E-state index in [9.17, 15) is 4.79 Å². The van der Waals surface area contributed by atoms with Crippen LogP contribution >= 0.6 is 15.9 Å². The molecule has 2 unspecified atom stereocenters. The molecule has 1 amide bonds. The van der Waals surface area contributed by atoms with E-state index in [1.165, 1.54) is 5.56 Å². The Labute approximate surface area is 129 Å². The van der Waals surface area contributed by atoms with Gasteiger partial charge in [-0.05, 0) is 43.0 Å². The quantitative estimate of drug-likeness (QED) is 0.893. The second-order valence-electron chi connectivity index (χ2n) is 5.51. The zero-order valence-corrected chi connectivity index (χ0v) is 13.6. The van der Waals surface area contributed by atoms with Crippen molar-refractivity contribution in [2.45, 2.75) is 38.6 Å². The highest BCUT2D eigenvalue weighted by Gasteiger charge is 2.30. The summed E-state index contributed by atoms with van der Waals surface area (Å²) in [6.07, 6.45) is 3.69. The maximum absolute atomic E-state index is 12.5. The Hall–Kier alpha value is -0.870. The molecule has 0 saturated carbocycles. The molecule has 0 aliphatic carbocycles. The van der Waals surface area contributed by atoms with E-state index in [-0.39, 0.29) is 11.9 Å². The molecule has 0 bridgehead atoms. The lowest BCUT2D eigenvalue weighted by Crippen LogP contribution is -2.33. The van der Waals surface area contributed by atoms with E-state index in [0.29, 0.717) is 18.9 Å². The van der Waals surface area contributed by atoms with Crippen LogP contribution in [0.15, 0.2) is 28.7 Å². The minimum atomic E-state index is 0.232. The van der Waals surface area contributed by atoms with Gasteiger partial charge in [0.2, 0.25) is 5.91 Å². The van der Waals surface area contributed by atoms with Gasteiger partial charge in [-0.25, -0.2) is 0 Å². The predicted molar refractivity (Wildman–Crippen MR) is 85.3 cm³/mol. The van der Waals surface area contributed by atoms with Gasteiger partial charge < -0.3 is 10.6 Å². The van der Waals surface area contributed by atoms with Crippen LogP contribution in [0.25, 0.3) is 0 Å². The Morgan fingerprint density at radius 2 is 2.35 bits per heavy atom. The second kappa shape index (κ2) is 7.23. The number of hydrogen-bond acceptors (Lipinski definition) is 2. The van der Waals surface area contributed by atoms with Gasteiger partial charge in [0.15, 0.2) is 0 Å². The number of hydrogen-bond donors (Lipinski definition) is 1. The monoisotopic (exact) mass is 338 g/mol. The third-order valence-corrected chi connectivity index (χ3v) is 4.67. The first kappa shape index (κ1) is 15.5. The van der Waals surface area contributed by atoms with Gasteiger partial charge in [0.25, 0.3) is 0 Å². The number of benzene rings is 1. The van der Waals surface area contributed by atoms with Gasteiger partial charge in [-0.15, -0.1) is 0 Å². The summed E-state index contributed by atoms with van der Waals surface area (Å²) in [7, 11) is 0. The number of carbonyl (C=O) groups is 1. The predicted octanol–water partition coefficient (Wildman–Crippen LogP) is 3.49. The molecule has 1 heterocycles. The van der Waals surface area contributed by atoms with Crippen molar-refractivity contribution in [1.29, 1.82) is 0 Å². The van der Waals surface area contributed by atoms with Crippen molar-refractivity contribution in [3.8, 4) is 0 Å². The Balaban J connectivity index is 2.09. The van der Waals surface area contributed by atoms with Crippen LogP contribution in [0.4, 0.5) is 0 Å². The molecule has 1 fully saturated rings. The van der Waals surface area contributed by atoms with Crippen molar-refractivity contribution in [2.75, 3.05) is 13.1 Å². The number of amides is 1. The van der Waals surface area contributed by atoms with Gasteiger partial charge in [0.1, 0.15) is 0 Å². The van der Waals surface area contributed by atoms with Crippen molar-refractivity contribution in [3.05, 3.63) is 34.3 Å². The van der Waals surface area contributed by atoms with E-state index in [2.05, 4.69) is 35.0 Å². The van der Waals surface area contributed by atoms with E-state index in [1.807, 2.05) is 17.0 Å². The molecule has 0 radical (unpaired) electrons. The molecule has 0 aromatic heterocycles. The van der Waals surface area contributed by atoms with E-state index in [1.54, 1.807) is 0 Å². The summed E-state index contributed by atoms with van der Waals surface area (Å²) >= 11 is 3.51. The summed E-state index contributed by atoms with van der Waals surface area (Å²) in [5, 5.41) is 0. The molecule has 4 heteroatoms. The smallest absolute Gasteiger partial charge is 0.223 e. The zero-order chi connectivity index (χ0) is 14.5. The molecule has 1 saturated heterocycles. The topological polar surface area (TPSA) is 46.3 Å². The fourth-order valence-electron chi connectivity index (χ4n) is 2.88. The first-order chi connectivity index (χ1) is 9.65. The lowest BCUT2D eigenvalue weighted by atomic mass is 10.0. The van der Waals surface area contributed by atoms with Crippen LogP contribution in [0.3, 0.4) is 0 Å². The second-order valence-corrected chi connectivity index (χ2v) is 6.43. The third kappa shape index (κ3) is 3.61. The Morgan fingerprint density at radius 3 is 3.00 bits per heavy atom. The van der Waals surface area contributed by atoms with Gasteiger partial charge in [-0.2, -0.15) is 0 Å². The zero-order valence-electron chi connectivity index (χ0n) is 12.0. The van der Waals surface area contributed by atoms with E-state index >= 15 is 0 Å². The van der Waals surface area contributed by atoms with Crippen molar-refractivity contribution >= 4 is 21.8 Å². The maximum Gasteiger partial charge on any atom is 0.223 e. The number of carbonyl (C=O) groups excluding carboxylic acids is 1. The summed E-state index contributed by atoms with van der Waals surface area (Å²) in [6, 6.07) is 8.52. The molecule has 2 N–H and O–H groups in total. The highest BCUT2D eigenvalue weighted by Crippen LogP contribution is 2.34. The summed E-state index contributed by atoms with van der Waals surface area (Å²) in [4.78, 5) is 14.5. The van der Waals surface area contributed by atoms with Crippen LogP contribution in [0.1, 0.15) is 44.2 Å². The molecule has 1 aliphatic rings. The molecule has 110 valence electrons. The largest absolute Gasteiger partial charge is 0.336 e. The molecule has 1 aromatic carbocycles. The normalized spacial score (nSPS) is 20.1. The van der Waals surface area contributed by atoms with E-state index < -0.39 is 0 Å². The fraction of sp³-hybridized carbons (Fsp3) is 0.562. The number of nitrogens with two attached hydrogens (primary N) is 1. The number of nitrogens with zero attached hydrogens (tertiary/aromatic N) is 1. The molecule has 1 aromatic rings. The summed E-state index contributed by atoms with van der Waals surface area (Å²) < 4.78 is 1.07. The molecular weight excluding hydrogens is 316 g/mol. The number of halogens is 1. The van der Waals surface area contributed by atoms with Crippen LogP contribution < -0.4 is 5.73 Å². The van der Waals surface area contributed by atoms with Crippen LogP contribution in [0, 0.1) is 5.92 Å². The third-order valence-electron chi connectivity index (χ3n) is 4.18. The van der Waals surface area contributed by atoms with Gasteiger partial charge >= 0.3 is 0 Å². The molecule has 20 heavy (non-hydrogen) atoms. The fourth-order valence-corrected chi connectivity index (χ4v) is 3.30. The average molecular weight is 339 g/mol. The summed E-state index contributed by atoms with van der Waals surface area (Å²) in [5.41, 5.74) is 6.95. The Bertz CT molecular complexity index is 460. The van der Waals surface area contributed by atoms with Crippen molar-refractivity contribution < 1.29 is 4.79 Å². The highest BCUT2D eigenvalue weighted by molar-refractivity contribution is 9.10. The van der Waals surface area contributed by atoms with Crippen LogP contribution in [0.5, 0.6) is 0 Å². The van der Waals surface area contributed by atoms with Crippen LogP contribution in [0.2, 0.25) is 0 Å². The standard InChI is InChI=1S/C16H23BrN2O/c1-2-12(11-18)9-16(20)19-8-4-7-15(19)13-5-3-6-14(17)10-13/h3,5-6,10,12,15H,2,4,7-9,11,18H2,1H3. The molecule has 2 rings (SSSR count). The minimum Gasteiger partial charge on any atom is -0.336 e. The number of rotatable bonds is 5. The van der Waals surface area contributed by atoms with Crippen molar-refractivity contribution in [3.63, 3.8) is 0 Å². The Kier molecular flexibility index (Phi) is 5.61. The minimum absolute atomic E-state index is 0.232. The maximum atomic E-state index is 12.5. The average Bonchev–Trinajstić information content (AvgIpc) is 2.94. The van der Waals surface area contributed by atoms with Crippen LogP contribution in [-0.2, 0) is 4.79 Å². The van der Waals surface area contributed by atoms with E-state index in [4.69, 9.17) is 5.73 Å². The summed E-state index contributed by atoms with van der Waals surface area (Å²) in [6.45, 7) is 3.56. The first-order valence-corrected chi connectivity index (χ1v) is 8.20. The molecule has 0 spiro atoms. The highest BCUT2D eigenvalue weighted by atomic mass is 79.9.